The highest BCUT2D eigenvalue weighted by molar-refractivity contribution is 5.22. The summed E-state index contributed by atoms with van der Waals surface area (Å²) < 4.78 is 32.0. The third-order valence-electron chi connectivity index (χ3n) is 3.65. The summed E-state index contributed by atoms with van der Waals surface area (Å²) in [6, 6.07) is 2.86. The summed E-state index contributed by atoms with van der Waals surface area (Å²) >= 11 is 0. The fourth-order valence-electron chi connectivity index (χ4n) is 2.37. The van der Waals surface area contributed by atoms with Gasteiger partial charge in [-0.15, -0.1) is 0 Å². The average Bonchev–Trinajstić information content (AvgIpc) is 2.26. The molecule has 0 spiro atoms. The highest BCUT2D eigenvalue weighted by atomic mass is 19.1. The van der Waals surface area contributed by atoms with E-state index in [1.165, 1.54) is 6.07 Å². The van der Waals surface area contributed by atoms with Gasteiger partial charge in [-0.2, -0.15) is 0 Å². The van der Waals surface area contributed by atoms with E-state index in [-0.39, 0.29) is 11.2 Å². The standard InChI is InChI=1S/C13H17F2NO/c1-17-13(5-2-6-13)8-12(16)10-7-9(14)3-4-11(10)15/h3-4,7,12H,2,5-6,8,16H2,1H3. The van der Waals surface area contributed by atoms with E-state index in [0.29, 0.717) is 6.42 Å². The lowest BCUT2D eigenvalue weighted by molar-refractivity contribution is -0.0818. The van der Waals surface area contributed by atoms with Crippen molar-refractivity contribution in [3.8, 4) is 0 Å². The van der Waals surface area contributed by atoms with Crippen LogP contribution >= 0.6 is 0 Å². The molecule has 1 aromatic rings. The van der Waals surface area contributed by atoms with E-state index in [1.807, 2.05) is 0 Å². The van der Waals surface area contributed by atoms with Crippen molar-refractivity contribution in [3.63, 3.8) is 0 Å². The predicted molar refractivity (Wildman–Crippen MR) is 61.5 cm³/mol. The zero-order valence-electron chi connectivity index (χ0n) is 9.88. The number of halogens is 2. The van der Waals surface area contributed by atoms with Gasteiger partial charge in [0.2, 0.25) is 0 Å². The van der Waals surface area contributed by atoms with Crippen LogP contribution in [0, 0.1) is 11.6 Å². The Kier molecular flexibility index (Phi) is 3.45. The molecule has 0 saturated heterocycles. The molecular formula is C13H17F2NO. The van der Waals surface area contributed by atoms with E-state index in [2.05, 4.69) is 0 Å². The van der Waals surface area contributed by atoms with Crippen molar-refractivity contribution in [2.75, 3.05) is 7.11 Å². The molecule has 0 bridgehead atoms. The maximum atomic E-state index is 13.5. The van der Waals surface area contributed by atoms with Crippen LogP contribution in [0.3, 0.4) is 0 Å². The highest BCUT2D eigenvalue weighted by Gasteiger charge is 2.38. The molecule has 1 fully saturated rings. The van der Waals surface area contributed by atoms with Gasteiger partial charge in [-0.05, 0) is 43.9 Å². The third-order valence-corrected chi connectivity index (χ3v) is 3.65. The van der Waals surface area contributed by atoms with Crippen molar-refractivity contribution in [1.82, 2.24) is 0 Å². The number of hydrogen-bond donors (Lipinski definition) is 1. The van der Waals surface area contributed by atoms with Gasteiger partial charge in [-0.1, -0.05) is 0 Å². The molecule has 0 amide bonds. The van der Waals surface area contributed by atoms with Gasteiger partial charge < -0.3 is 10.5 Å². The van der Waals surface area contributed by atoms with E-state index in [0.717, 1.165) is 31.4 Å². The summed E-state index contributed by atoms with van der Waals surface area (Å²) in [6.07, 6.45) is 3.51. The maximum absolute atomic E-state index is 13.5. The van der Waals surface area contributed by atoms with Crippen molar-refractivity contribution >= 4 is 0 Å². The Labute approximate surface area is 99.8 Å². The fraction of sp³-hybridized carbons (Fsp3) is 0.538. The Bertz CT molecular complexity index is 399. The van der Waals surface area contributed by atoms with Gasteiger partial charge in [0.25, 0.3) is 0 Å². The quantitative estimate of drug-likeness (QED) is 0.879. The SMILES string of the molecule is COC1(CC(N)c2cc(F)ccc2F)CCC1. The number of ether oxygens (including phenoxy) is 1. The molecule has 17 heavy (non-hydrogen) atoms. The molecule has 1 saturated carbocycles. The summed E-state index contributed by atoms with van der Waals surface area (Å²) in [7, 11) is 1.65. The fourth-order valence-corrected chi connectivity index (χ4v) is 2.37. The van der Waals surface area contributed by atoms with Crippen LogP contribution in [0.5, 0.6) is 0 Å². The smallest absolute Gasteiger partial charge is 0.128 e. The zero-order valence-corrected chi connectivity index (χ0v) is 9.88. The van der Waals surface area contributed by atoms with Crippen molar-refractivity contribution in [3.05, 3.63) is 35.4 Å². The monoisotopic (exact) mass is 241 g/mol. The van der Waals surface area contributed by atoms with Crippen molar-refractivity contribution in [1.29, 1.82) is 0 Å². The second-order valence-corrected chi connectivity index (χ2v) is 4.72. The minimum atomic E-state index is -0.522. The molecule has 1 unspecified atom stereocenters. The van der Waals surface area contributed by atoms with Gasteiger partial charge in [-0.25, -0.2) is 8.78 Å². The van der Waals surface area contributed by atoms with Crippen LogP contribution < -0.4 is 5.73 Å². The molecule has 1 atom stereocenters. The molecular weight excluding hydrogens is 224 g/mol. The van der Waals surface area contributed by atoms with Crippen molar-refractivity contribution in [2.24, 2.45) is 5.73 Å². The molecule has 0 aliphatic heterocycles. The number of rotatable bonds is 4. The topological polar surface area (TPSA) is 35.2 Å². The molecule has 94 valence electrons. The summed E-state index contributed by atoms with van der Waals surface area (Å²) in [4.78, 5) is 0. The molecule has 0 aromatic heterocycles. The predicted octanol–water partition coefficient (Wildman–Crippen LogP) is 2.92. The first kappa shape index (κ1) is 12.5. The Hall–Kier alpha value is -1.00. The minimum Gasteiger partial charge on any atom is -0.378 e. The van der Waals surface area contributed by atoms with Crippen molar-refractivity contribution < 1.29 is 13.5 Å². The average molecular weight is 241 g/mol. The van der Waals surface area contributed by atoms with E-state index in [1.54, 1.807) is 7.11 Å². The van der Waals surface area contributed by atoms with Crippen LogP contribution in [0.2, 0.25) is 0 Å². The van der Waals surface area contributed by atoms with Gasteiger partial charge >= 0.3 is 0 Å². The summed E-state index contributed by atoms with van der Waals surface area (Å²) in [5.74, 6) is -0.915. The lowest BCUT2D eigenvalue weighted by atomic mass is 9.75. The Balaban J connectivity index is 2.13. The maximum Gasteiger partial charge on any atom is 0.128 e. The van der Waals surface area contributed by atoms with Gasteiger partial charge in [0, 0.05) is 18.7 Å². The lowest BCUT2D eigenvalue weighted by Gasteiger charge is -2.42. The van der Waals surface area contributed by atoms with E-state index >= 15 is 0 Å². The van der Waals surface area contributed by atoms with Crippen LogP contribution in [-0.2, 0) is 4.74 Å². The third kappa shape index (κ3) is 2.48. The van der Waals surface area contributed by atoms with Crippen LogP contribution in [0.15, 0.2) is 18.2 Å². The summed E-state index contributed by atoms with van der Waals surface area (Å²) in [5.41, 5.74) is 5.94. The normalized spacial score (nSPS) is 19.8. The van der Waals surface area contributed by atoms with Crippen LogP contribution in [0.1, 0.15) is 37.3 Å². The highest BCUT2D eigenvalue weighted by Crippen LogP contribution is 2.41. The molecule has 1 aliphatic carbocycles. The van der Waals surface area contributed by atoms with Gasteiger partial charge in [0.15, 0.2) is 0 Å². The Morgan fingerprint density at radius 3 is 2.65 bits per heavy atom. The molecule has 0 heterocycles. The summed E-state index contributed by atoms with van der Waals surface area (Å²) in [5, 5.41) is 0. The number of hydrogen-bond acceptors (Lipinski definition) is 2. The molecule has 2 nitrogen and oxygen atoms in total. The first-order valence-electron chi connectivity index (χ1n) is 5.82. The molecule has 2 N–H and O–H groups in total. The van der Waals surface area contributed by atoms with E-state index < -0.39 is 17.7 Å². The van der Waals surface area contributed by atoms with Crippen LogP contribution in [0.4, 0.5) is 8.78 Å². The number of methoxy groups -OCH3 is 1. The first-order chi connectivity index (χ1) is 8.06. The minimum absolute atomic E-state index is 0.230. The van der Waals surface area contributed by atoms with E-state index in [9.17, 15) is 8.78 Å². The Morgan fingerprint density at radius 1 is 1.41 bits per heavy atom. The summed E-state index contributed by atoms with van der Waals surface area (Å²) in [6.45, 7) is 0. The lowest BCUT2D eigenvalue weighted by Crippen LogP contribution is -2.42. The van der Waals surface area contributed by atoms with Gasteiger partial charge in [0.05, 0.1) is 5.60 Å². The van der Waals surface area contributed by atoms with Crippen LogP contribution in [-0.4, -0.2) is 12.7 Å². The van der Waals surface area contributed by atoms with Crippen molar-refractivity contribution in [2.45, 2.75) is 37.3 Å². The number of benzene rings is 1. The second kappa shape index (κ2) is 4.70. The Morgan fingerprint density at radius 2 is 2.12 bits per heavy atom. The molecule has 0 radical (unpaired) electrons. The van der Waals surface area contributed by atoms with Crippen LogP contribution in [0.25, 0.3) is 0 Å². The number of nitrogens with two attached hydrogens (primary N) is 1. The largest absolute Gasteiger partial charge is 0.378 e. The molecule has 1 aromatic carbocycles. The first-order valence-corrected chi connectivity index (χ1v) is 5.82. The second-order valence-electron chi connectivity index (χ2n) is 4.72. The molecule has 4 heteroatoms. The molecule has 1 aliphatic rings. The molecule has 2 rings (SSSR count). The van der Waals surface area contributed by atoms with Gasteiger partial charge in [0.1, 0.15) is 11.6 Å². The van der Waals surface area contributed by atoms with E-state index in [4.69, 9.17) is 10.5 Å². The van der Waals surface area contributed by atoms with Gasteiger partial charge in [-0.3, -0.25) is 0 Å². The zero-order chi connectivity index (χ0) is 12.5.